The van der Waals surface area contributed by atoms with Crippen LogP contribution in [0.4, 0.5) is 4.39 Å². The summed E-state index contributed by atoms with van der Waals surface area (Å²) in [6, 6.07) is 4.93. The van der Waals surface area contributed by atoms with Gasteiger partial charge in [-0.3, -0.25) is 0 Å². The van der Waals surface area contributed by atoms with Gasteiger partial charge in [-0.1, -0.05) is 30.8 Å². The minimum absolute atomic E-state index is 0.258. The lowest BCUT2D eigenvalue weighted by Crippen LogP contribution is -1.99. The molecule has 2 rings (SSSR count). The summed E-state index contributed by atoms with van der Waals surface area (Å²) in [5.74, 6) is 0.536. The molecule has 0 spiro atoms. The van der Waals surface area contributed by atoms with Gasteiger partial charge in [0.1, 0.15) is 11.6 Å². The van der Waals surface area contributed by atoms with Crippen LogP contribution in [0.1, 0.15) is 18.3 Å². The van der Waals surface area contributed by atoms with Crippen molar-refractivity contribution in [1.29, 1.82) is 0 Å². The molecule has 17 heavy (non-hydrogen) atoms. The fraction of sp³-hybridized carbons (Fsp3) is 0.273. The van der Waals surface area contributed by atoms with Crippen LogP contribution in [0.2, 0.25) is 0 Å². The van der Waals surface area contributed by atoms with Gasteiger partial charge < -0.3 is 5.73 Å². The zero-order chi connectivity index (χ0) is 12.3. The molecule has 0 amide bonds. The molecule has 1 heterocycles. The first kappa shape index (κ1) is 12.5. The van der Waals surface area contributed by atoms with Gasteiger partial charge >= 0.3 is 0 Å². The highest BCUT2D eigenvalue weighted by Crippen LogP contribution is 2.33. The van der Waals surface area contributed by atoms with Gasteiger partial charge in [-0.2, -0.15) is 4.37 Å². The maximum absolute atomic E-state index is 13.7. The molecule has 2 aromatic rings. The molecule has 3 nitrogen and oxygen atoms in total. The van der Waals surface area contributed by atoms with Crippen LogP contribution >= 0.6 is 23.3 Å². The van der Waals surface area contributed by atoms with E-state index in [1.54, 1.807) is 6.07 Å². The average molecular weight is 269 g/mol. The van der Waals surface area contributed by atoms with Gasteiger partial charge in [0, 0.05) is 13.0 Å². The quantitative estimate of drug-likeness (QED) is 0.927. The maximum atomic E-state index is 13.7. The van der Waals surface area contributed by atoms with Crippen molar-refractivity contribution < 1.29 is 4.39 Å². The molecule has 0 aliphatic heterocycles. The Morgan fingerprint density at radius 1 is 1.47 bits per heavy atom. The molecule has 2 N–H and O–H groups in total. The molecule has 0 saturated heterocycles. The molecule has 0 radical (unpaired) electrons. The predicted molar refractivity (Wildman–Crippen MR) is 67.7 cm³/mol. The monoisotopic (exact) mass is 269 g/mol. The second-order valence-electron chi connectivity index (χ2n) is 3.36. The summed E-state index contributed by atoms with van der Waals surface area (Å²) in [5, 5.41) is 0. The molecule has 0 fully saturated rings. The third kappa shape index (κ3) is 2.83. The van der Waals surface area contributed by atoms with E-state index in [9.17, 15) is 4.39 Å². The van der Waals surface area contributed by atoms with Crippen molar-refractivity contribution in [2.75, 3.05) is 0 Å². The van der Waals surface area contributed by atoms with E-state index in [4.69, 9.17) is 5.73 Å². The fourth-order valence-electron chi connectivity index (χ4n) is 1.34. The van der Waals surface area contributed by atoms with E-state index < -0.39 is 0 Å². The van der Waals surface area contributed by atoms with Crippen molar-refractivity contribution in [2.45, 2.75) is 29.1 Å². The van der Waals surface area contributed by atoms with Crippen LogP contribution in [-0.2, 0) is 13.0 Å². The third-order valence-corrected chi connectivity index (χ3v) is 4.17. The SMILES string of the molecule is CCc1nsc(Sc2c(F)cccc2CN)n1. The third-order valence-electron chi connectivity index (χ3n) is 2.22. The van der Waals surface area contributed by atoms with Gasteiger partial charge in [0.25, 0.3) is 0 Å². The van der Waals surface area contributed by atoms with Gasteiger partial charge in [-0.25, -0.2) is 9.37 Å². The molecule has 0 bridgehead atoms. The Kier molecular flexibility index (Phi) is 4.09. The van der Waals surface area contributed by atoms with Gasteiger partial charge in [-0.15, -0.1) is 0 Å². The van der Waals surface area contributed by atoms with Gasteiger partial charge in [0.2, 0.25) is 0 Å². The first-order valence-corrected chi connectivity index (χ1v) is 6.81. The van der Waals surface area contributed by atoms with Crippen molar-refractivity contribution in [3.63, 3.8) is 0 Å². The van der Waals surface area contributed by atoms with Crippen molar-refractivity contribution in [3.8, 4) is 0 Å². The van der Waals surface area contributed by atoms with E-state index in [2.05, 4.69) is 9.36 Å². The molecular weight excluding hydrogens is 257 g/mol. The zero-order valence-corrected chi connectivity index (χ0v) is 10.9. The van der Waals surface area contributed by atoms with Crippen molar-refractivity contribution in [1.82, 2.24) is 9.36 Å². The van der Waals surface area contributed by atoms with E-state index in [1.807, 2.05) is 13.0 Å². The lowest BCUT2D eigenvalue weighted by Gasteiger charge is -2.05. The Morgan fingerprint density at radius 2 is 2.29 bits per heavy atom. The van der Waals surface area contributed by atoms with E-state index in [-0.39, 0.29) is 5.82 Å². The normalized spacial score (nSPS) is 10.8. The lowest BCUT2D eigenvalue weighted by molar-refractivity contribution is 0.597. The number of aromatic nitrogens is 2. The molecular formula is C11H12FN3S2. The van der Waals surface area contributed by atoms with Crippen LogP contribution in [0.3, 0.4) is 0 Å². The first-order chi connectivity index (χ1) is 8.24. The zero-order valence-electron chi connectivity index (χ0n) is 9.31. The van der Waals surface area contributed by atoms with Crippen molar-refractivity contribution in [2.24, 2.45) is 5.73 Å². The molecule has 0 aliphatic rings. The molecule has 0 aliphatic carbocycles. The molecule has 1 aromatic carbocycles. The number of nitrogens with zero attached hydrogens (tertiary/aromatic N) is 2. The van der Waals surface area contributed by atoms with E-state index in [0.29, 0.717) is 11.4 Å². The summed E-state index contributed by atoms with van der Waals surface area (Å²) in [6.45, 7) is 2.31. The molecule has 6 heteroatoms. The van der Waals surface area contributed by atoms with Gasteiger partial charge in [-0.05, 0) is 23.2 Å². The molecule has 90 valence electrons. The van der Waals surface area contributed by atoms with Crippen LogP contribution < -0.4 is 5.73 Å². The minimum Gasteiger partial charge on any atom is -0.326 e. The molecule has 0 unspecified atom stereocenters. The standard InChI is InChI=1S/C11H12FN3S2/c1-2-9-14-11(17-15-9)16-10-7(6-13)4-3-5-8(10)12/h3-5H,2,6,13H2,1H3. The van der Waals surface area contributed by atoms with Crippen LogP contribution in [-0.4, -0.2) is 9.36 Å². The highest BCUT2D eigenvalue weighted by Gasteiger charge is 2.12. The summed E-state index contributed by atoms with van der Waals surface area (Å²) in [7, 11) is 0. The number of aryl methyl sites for hydroxylation is 1. The second kappa shape index (κ2) is 5.57. The number of rotatable bonds is 4. The highest BCUT2D eigenvalue weighted by molar-refractivity contribution is 8.01. The first-order valence-electron chi connectivity index (χ1n) is 5.22. The Bertz CT molecular complexity index is 513. The highest BCUT2D eigenvalue weighted by atomic mass is 32.2. The van der Waals surface area contributed by atoms with E-state index in [0.717, 1.165) is 22.1 Å². The fourth-order valence-corrected chi connectivity index (χ4v) is 3.12. The number of halogens is 1. The minimum atomic E-state index is -0.258. The smallest absolute Gasteiger partial charge is 0.174 e. The van der Waals surface area contributed by atoms with Gasteiger partial charge in [0.05, 0.1) is 4.90 Å². The van der Waals surface area contributed by atoms with E-state index >= 15 is 0 Å². The van der Waals surface area contributed by atoms with Crippen LogP contribution in [0, 0.1) is 5.82 Å². The molecule has 1 aromatic heterocycles. The van der Waals surface area contributed by atoms with E-state index in [1.165, 1.54) is 29.4 Å². The second-order valence-corrected chi connectivity index (χ2v) is 5.37. The van der Waals surface area contributed by atoms with Crippen molar-refractivity contribution >= 4 is 23.3 Å². The Labute approximate surface area is 107 Å². The maximum Gasteiger partial charge on any atom is 0.174 e. The molecule has 0 saturated carbocycles. The lowest BCUT2D eigenvalue weighted by atomic mass is 10.2. The summed E-state index contributed by atoms with van der Waals surface area (Å²) in [5.41, 5.74) is 6.39. The number of hydrogen-bond donors (Lipinski definition) is 1. The topological polar surface area (TPSA) is 51.8 Å². The van der Waals surface area contributed by atoms with Crippen molar-refractivity contribution in [3.05, 3.63) is 35.4 Å². The number of hydrogen-bond acceptors (Lipinski definition) is 5. The Morgan fingerprint density at radius 3 is 2.94 bits per heavy atom. The summed E-state index contributed by atoms with van der Waals surface area (Å²) < 4.78 is 18.6. The summed E-state index contributed by atoms with van der Waals surface area (Å²) >= 11 is 2.58. The Hall–Kier alpha value is -0.980. The van der Waals surface area contributed by atoms with Crippen LogP contribution in [0.25, 0.3) is 0 Å². The average Bonchev–Trinajstić information content (AvgIpc) is 2.79. The summed E-state index contributed by atoms with van der Waals surface area (Å²) in [4.78, 5) is 4.85. The number of benzene rings is 1. The van der Waals surface area contributed by atoms with Crippen LogP contribution in [0.5, 0.6) is 0 Å². The largest absolute Gasteiger partial charge is 0.326 e. The van der Waals surface area contributed by atoms with Gasteiger partial charge in [0.15, 0.2) is 4.34 Å². The Balaban J connectivity index is 2.28. The molecule has 0 atom stereocenters. The van der Waals surface area contributed by atoms with Crippen LogP contribution in [0.15, 0.2) is 27.4 Å². The predicted octanol–water partition coefficient (Wildman–Crippen LogP) is 2.85. The number of nitrogens with two attached hydrogens (primary N) is 1. The summed E-state index contributed by atoms with van der Waals surface area (Å²) in [6.07, 6.45) is 0.790.